The highest BCUT2D eigenvalue weighted by atomic mass is 32.2. The molecule has 0 saturated carbocycles. The molecule has 1 amide bonds. The molecular weight excluding hydrogens is 356 g/mol. The second kappa shape index (κ2) is 7.45. The van der Waals surface area contributed by atoms with Crippen LogP contribution in [0.4, 0.5) is 10.8 Å². The van der Waals surface area contributed by atoms with E-state index >= 15 is 0 Å². The van der Waals surface area contributed by atoms with Crippen molar-refractivity contribution in [2.45, 2.75) is 17.7 Å². The fourth-order valence-corrected chi connectivity index (χ4v) is 3.64. The first-order valence-electron chi connectivity index (χ1n) is 6.77. The highest BCUT2D eigenvalue weighted by molar-refractivity contribution is 7.94. The molecule has 0 unspecified atom stereocenters. The molecule has 1 aromatic carbocycles. The van der Waals surface area contributed by atoms with Gasteiger partial charge in [-0.05, 0) is 12.1 Å². The quantitative estimate of drug-likeness (QED) is 0.710. The summed E-state index contributed by atoms with van der Waals surface area (Å²) in [5, 5.41) is 9.82. The number of anilines is 2. The number of methoxy groups -OCH3 is 2. The first-order chi connectivity index (χ1) is 11.4. The van der Waals surface area contributed by atoms with Gasteiger partial charge in [-0.25, -0.2) is 0 Å². The van der Waals surface area contributed by atoms with Crippen molar-refractivity contribution in [3.63, 3.8) is 0 Å². The monoisotopic (exact) mass is 372 g/mol. The molecule has 0 spiro atoms. The Labute approximate surface area is 143 Å². The summed E-state index contributed by atoms with van der Waals surface area (Å²) in [4.78, 5) is 11.3. The number of carbonyl (C=O) groups excluding carboxylic acids is 1. The van der Waals surface area contributed by atoms with Crippen LogP contribution in [0.5, 0.6) is 11.5 Å². The molecule has 2 N–H and O–H groups in total. The number of rotatable bonds is 7. The zero-order valence-electron chi connectivity index (χ0n) is 13.2. The highest BCUT2D eigenvalue weighted by Crippen LogP contribution is 2.31. The number of aromatic nitrogens is 2. The molecule has 0 saturated heterocycles. The van der Waals surface area contributed by atoms with Crippen LogP contribution in [0, 0.1) is 0 Å². The minimum Gasteiger partial charge on any atom is -0.497 e. The smallest absolute Gasteiger partial charge is 0.291 e. The van der Waals surface area contributed by atoms with Crippen LogP contribution in [-0.2, 0) is 14.8 Å². The number of hydrogen-bond acceptors (Lipinski definition) is 8. The van der Waals surface area contributed by atoms with Gasteiger partial charge in [-0.2, -0.15) is 8.42 Å². The molecule has 1 heterocycles. The van der Waals surface area contributed by atoms with E-state index in [9.17, 15) is 13.2 Å². The Kier molecular flexibility index (Phi) is 5.57. The third-order valence-corrected chi connectivity index (χ3v) is 5.43. The van der Waals surface area contributed by atoms with Gasteiger partial charge in [0.1, 0.15) is 11.5 Å². The van der Waals surface area contributed by atoms with Gasteiger partial charge in [0.15, 0.2) is 0 Å². The van der Waals surface area contributed by atoms with E-state index in [4.69, 9.17) is 9.47 Å². The molecule has 2 aromatic rings. The number of ether oxygens (including phenoxy) is 2. The summed E-state index contributed by atoms with van der Waals surface area (Å²) in [6.45, 7) is 1.67. The van der Waals surface area contributed by atoms with E-state index in [2.05, 4.69) is 20.2 Å². The Morgan fingerprint density at radius 1 is 1.25 bits per heavy atom. The van der Waals surface area contributed by atoms with Crippen molar-refractivity contribution in [2.24, 2.45) is 0 Å². The van der Waals surface area contributed by atoms with Crippen molar-refractivity contribution < 1.29 is 22.7 Å². The minimum absolute atomic E-state index is 0.111. The standard InChI is InChI=1S/C13H16N4O5S2/c1-4-11(18)14-12-15-16-13(23-12)24(19,20)17-9-7-8(21-2)5-6-10(9)22-3/h5-7,17H,4H2,1-3H3,(H,14,15,18). The Bertz CT molecular complexity index is 835. The van der Waals surface area contributed by atoms with Crippen LogP contribution in [0.2, 0.25) is 0 Å². The number of carbonyl (C=O) groups is 1. The molecule has 0 aliphatic rings. The Balaban J connectivity index is 2.27. The third-order valence-electron chi connectivity index (χ3n) is 2.85. The lowest BCUT2D eigenvalue weighted by Crippen LogP contribution is -2.13. The molecular formula is C13H16N4O5S2. The number of hydrogen-bond donors (Lipinski definition) is 2. The molecule has 0 aliphatic carbocycles. The number of nitrogens with zero attached hydrogens (tertiary/aromatic N) is 2. The summed E-state index contributed by atoms with van der Waals surface area (Å²) in [5.74, 6) is 0.502. The lowest BCUT2D eigenvalue weighted by molar-refractivity contribution is -0.115. The summed E-state index contributed by atoms with van der Waals surface area (Å²) in [7, 11) is -1.10. The number of nitrogens with one attached hydrogen (secondary N) is 2. The van der Waals surface area contributed by atoms with Crippen molar-refractivity contribution in [3.8, 4) is 11.5 Å². The summed E-state index contributed by atoms with van der Waals surface area (Å²) in [6.07, 6.45) is 0.251. The van der Waals surface area contributed by atoms with E-state index in [1.54, 1.807) is 19.1 Å². The zero-order valence-corrected chi connectivity index (χ0v) is 14.8. The molecule has 0 atom stereocenters. The average molecular weight is 372 g/mol. The van der Waals surface area contributed by atoms with Gasteiger partial charge in [0.25, 0.3) is 14.4 Å². The number of benzene rings is 1. The second-order valence-corrected chi connectivity index (χ2v) is 7.28. The molecule has 0 aliphatic heterocycles. The van der Waals surface area contributed by atoms with Crippen LogP contribution in [0.1, 0.15) is 13.3 Å². The summed E-state index contributed by atoms with van der Waals surface area (Å²) < 4.78 is 37.1. The summed E-state index contributed by atoms with van der Waals surface area (Å²) >= 11 is 0.749. The van der Waals surface area contributed by atoms with E-state index in [0.29, 0.717) is 11.5 Å². The second-order valence-electron chi connectivity index (χ2n) is 4.45. The fourth-order valence-electron chi connectivity index (χ4n) is 1.66. The van der Waals surface area contributed by atoms with Gasteiger partial charge in [0, 0.05) is 12.5 Å². The normalized spacial score (nSPS) is 11.0. The average Bonchev–Trinajstić information content (AvgIpc) is 3.03. The molecule has 24 heavy (non-hydrogen) atoms. The minimum atomic E-state index is -3.98. The Morgan fingerprint density at radius 3 is 2.62 bits per heavy atom. The molecule has 2 rings (SSSR count). The van der Waals surface area contributed by atoms with Gasteiger partial charge in [-0.15, -0.1) is 10.2 Å². The van der Waals surface area contributed by atoms with Gasteiger partial charge < -0.3 is 14.8 Å². The molecule has 11 heteroatoms. The van der Waals surface area contributed by atoms with E-state index in [-0.39, 0.29) is 27.5 Å². The van der Waals surface area contributed by atoms with E-state index in [1.807, 2.05) is 0 Å². The van der Waals surface area contributed by atoms with Gasteiger partial charge in [-0.1, -0.05) is 18.3 Å². The Morgan fingerprint density at radius 2 is 2.00 bits per heavy atom. The number of sulfonamides is 1. The summed E-state index contributed by atoms with van der Waals surface area (Å²) in [5.41, 5.74) is 0.200. The molecule has 9 nitrogen and oxygen atoms in total. The molecule has 1 aromatic heterocycles. The Hall–Kier alpha value is -2.40. The lowest BCUT2D eigenvalue weighted by Gasteiger charge is -2.11. The molecule has 0 bridgehead atoms. The first-order valence-corrected chi connectivity index (χ1v) is 9.07. The van der Waals surface area contributed by atoms with Crippen molar-refractivity contribution in [1.29, 1.82) is 0 Å². The van der Waals surface area contributed by atoms with E-state index < -0.39 is 10.0 Å². The highest BCUT2D eigenvalue weighted by Gasteiger charge is 2.22. The maximum absolute atomic E-state index is 12.4. The van der Waals surface area contributed by atoms with Gasteiger partial charge in [-0.3, -0.25) is 9.52 Å². The van der Waals surface area contributed by atoms with Crippen LogP contribution in [0.15, 0.2) is 22.5 Å². The zero-order chi connectivity index (χ0) is 17.7. The van der Waals surface area contributed by atoms with Crippen LogP contribution < -0.4 is 19.5 Å². The third kappa shape index (κ3) is 4.11. The van der Waals surface area contributed by atoms with E-state index in [1.165, 1.54) is 20.3 Å². The van der Waals surface area contributed by atoms with Gasteiger partial charge in [0.05, 0.1) is 19.9 Å². The predicted molar refractivity (Wildman–Crippen MR) is 89.2 cm³/mol. The summed E-state index contributed by atoms with van der Waals surface area (Å²) in [6, 6.07) is 4.70. The van der Waals surface area contributed by atoms with Crippen LogP contribution in [0.25, 0.3) is 0 Å². The van der Waals surface area contributed by atoms with Crippen molar-refractivity contribution in [2.75, 3.05) is 24.3 Å². The molecule has 0 fully saturated rings. The molecule has 130 valence electrons. The lowest BCUT2D eigenvalue weighted by atomic mass is 10.3. The molecule has 0 radical (unpaired) electrons. The fraction of sp³-hybridized carbons (Fsp3) is 0.308. The van der Waals surface area contributed by atoms with E-state index in [0.717, 1.165) is 11.3 Å². The van der Waals surface area contributed by atoms with Crippen LogP contribution in [0.3, 0.4) is 0 Å². The van der Waals surface area contributed by atoms with Crippen LogP contribution in [-0.4, -0.2) is 38.7 Å². The van der Waals surface area contributed by atoms with Gasteiger partial charge >= 0.3 is 0 Å². The van der Waals surface area contributed by atoms with Crippen LogP contribution >= 0.6 is 11.3 Å². The first kappa shape index (κ1) is 17.9. The van der Waals surface area contributed by atoms with Gasteiger partial charge in [0.2, 0.25) is 11.0 Å². The SMILES string of the molecule is CCC(=O)Nc1nnc(S(=O)(=O)Nc2cc(OC)ccc2OC)s1. The van der Waals surface area contributed by atoms with Crippen molar-refractivity contribution in [3.05, 3.63) is 18.2 Å². The maximum atomic E-state index is 12.4. The largest absolute Gasteiger partial charge is 0.497 e. The topological polar surface area (TPSA) is 120 Å². The van der Waals surface area contributed by atoms with Crippen molar-refractivity contribution >= 4 is 38.1 Å². The maximum Gasteiger partial charge on any atom is 0.291 e. The predicted octanol–water partition coefficient (Wildman–Crippen LogP) is 1.70. The van der Waals surface area contributed by atoms with Crippen molar-refractivity contribution in [1.82, 2.24) is 10.2 Å². The number of amides is 1.